The number of nitrogens with two attached hydrogens (primary N) is 1. The molecular formula is C13H20N4. The van der Waals surface area contributed by atoms with Crippen LogP contribution in [0.5, 0.6) is 0 Å². The van der Waals surface area contributed by atoms with Crippen molar-refractivity contribution in [1.29, 1.82) is 0 Å². The average Bonchev–Trinajstić information content (AvgIpc) is 2.79. The Morgan fingerprint density at radius 1 is 1.29 bits per heavy atom. The maximum Gasteiger partial charge on any atom is 0.123 e. The van der Waals surface area contributed by atoms with E-state index < -0.39 is 0 Å². The molecule has 0 spiro atoms. The molecule has 0 amide bonds. The maximum atomic E-state index is 5.60. The molecule has 3 heterocycles. The quantitative estimate of drug-likeness (QED) is 0.824. The van der Waals surface area contributed by atoms with Crippen LogP contribution in [-0.2, 0) is 6.54 Å². The zero-order chi connectivity index (χ0) is 11.7. The summed E-state index contributed by atoms with van der Waals surface area (Å²) in [6.45, 7) is 5.94. The molecular weight excluding hydrogens is 212 g/mol. The smallest absolute Gasteiger partial charge is 0.123 e. The van der Waals surface area contributed by atoms with Crippen molar-refractivity contribution < 1.29 is 0 Å². The summed E-state index contributed by atoms with van der Waals surface area (Å²) in [4.78, 5) is 9.33. The number of hydrogen-bond acceptors (Lipinski definition) is 4. The highest BCUT2D eigenvalue weighted by Crippen LogP contribution is 2.22. The van der Waals surface area contributed by atoms with Crippen LogP contribution < -0.4 is 5.73 Å². The van der Waals surface area contributed by atoms with Crippen LogP contribution in [0.1, 0.15) is 18.4 Å². The van der Waals surface area contributed by atoms with E-state index in [1.165, 1.54) is 44.6 Å². The van der Waals surface area contributed by atoms with Crippen LogP contribution >= 0.6 is 0 Å². The van der Waals surface area contributed by atoms with Gasteiger partial charge in [0.05, 0.1) is 0 Å². The molecule has 2 aliphatic heterocycles. The first-order chi connectivity index (χ1) is 8.31. The standard InChI is InChI=1S/C13H20N4/c14-13-4-3-11(8-15-13)9-16-6-7-17-5-1-2-12(17)10-16/h3-4,8,12H,1-2,5-7,9-10H2,(H2,14,15)/t12-/m1/s1. The van der Waals surface area contributed by atoms with E-state index in [1.54, 1.807) is 0 Å². The fourth-order valence-electron chi connectivity index (χ4n) is 2.99. The molecule has 4 heteroatoms. The summed E-state index contributed by atoms with van der Waals surface area (Å²) in [6, 6.07) is 4.77. The summed E-state index contributed by atoms with van der Waals surface area (Å²) in [6.07, 6.45) is 4.65. The summed E-state index contributed by atoms with van der Waals surface area (Å²) in [5.41, 5.74) is 6.87. The summed E-state index contributed by atoms with van der Waals surface area (Å²) >= 11 is 0. The number of anilines is 1. The Morgan fingerprint density at radius 2 is 2.24 bits per heavy atom. The second-order valence-corrected chi connectivity index (χ2v) is 5.16. The van der Waals surface area contributed by atoms with Gasteiger partial charge in [0.25, 0.3) is 0 Å². The van der Waals surface area contributed by atoms with Crippen LogP contribution in [0.15, 0.2) is 18.3 Å². The lowest BCUT2D eigenvalue weighted by atomic mass is 10.1. The van der Waals surface area contributed by atoms with E-state index >= 15 is 0 Å². The predicted molar refractivity (Wildman–Crippen MR) is 68.5 cm³/mol. The number of hydrogen-bond donors (Lipinski definition) is 1. The van der Waals surface area contributed by atoms with Crippen molar-refractivity contribution in [1.82, 2.24) is 14.8 Å². The molecule has 3 rings (SSSR count). The molecule has 0 aromatic carbocycles. The fourth-order valence-corrected chi connectivity index (χ4v) is 2.99. The number of nitrogens with zero attached hydrogens (tertiary/aromatic N) is 3. The van der Waals surface area contributed by atoms with Crippen LogP contribution in [0.3, 0.4) is 0 Å². The molecule has 2 fully saturated rings. The first-order valence-electron chi connectivity index (χ1n) is 6.48. The predicted octanol–water partition coefficient (Wildman–Crippen LogP) is 0.944. The van der Waals surface area contributed by atoms with Gasteiger partial charge < -0.3 is 5.73 Å². The lowest BCUT2D eigenvalue weighted by Crippen LogP contribution is -2.49. The van der Waals surface area contributed by atoms with Gasteiger partial charge in [-0.2, -0.15) is 0 Å². The third-order valence-corrected chi connectivity index (χ3v) is 3.93. The molecule has 0 radical (unpaired) electrons. The second kappa shape index (κ2) is 4.63. The van der Waals surface area contributed by atoms with Crippen LogP contribution in [0.2, 0.25) is 0 Å². The number of pyridine rings is 1. The number of fused-ring (bicyclic) bond motifs is 1. The van der Waals surface area contributed by atoms with Gasteiger partial charge in [-0.25, -0.2) is 4.98 Å². The zero-order valence-corrected chi connectivity index (χ0v) is 10.2. The van der Waals surface area contributed by atoms with E-state index in [1.807, 2.05) is 12.3 Å². The zero-order valence-electron chi connectivity index (χ0n) is 10.2. The number of aromatic nitrogens is 1. The van der Waals surface area contributed by atoms with Gasteiger partial charge in [-0.3, -0.25) is 9.80 Å². The lowest BCUT2D eigenvalue weighted by Gasteiger charge is -2.37. The van der Waals surface area contributed by atoms with E-state index in [9.17, 15) is 0 Å². The molecule has 2 saturated heterocycles. The van der Waals surface area contributed by atoms with Crippen LogP contribution in [0, 0.1) is 0 Å². The molecule has 2 N–H and O–H groups in total. The third-order valence-electron chi connectivity index (χ3n) is 3.93. The molecule has 1 aromatic rings. The lowest BCUT2D eigenvalue weighted by molar-refractivity contribution is 0.0993. The van der Waals surface area contributed by atoms with Crippen molar-refractivity contribution in [3.63, 3.8) is 0 Å². The maximum absolute atomic E-state index is 5.60. The Kier molecular flexibility index (Phi) is 2.99. The van der Waals surface area contributed by atoms with Crippen molar-refractivity contribution in [3.8, 4) is 0 Å². The minimum Gasteiger partial charge on any atom is -0.384 e. The Morgan fingerprint density at radius 3 is 3.06 bits per heavy atom. The Labute approximate surface area is 102 Å². The first-order valence-corrected chi connectivity index (χ1v) is 6.48. The highest BCUT2D eigenvalue weighted by atomic mass is 15.3. The minimum atomic E-state index is 0.606. The Balaban J connectivity index is 1.60. The van der Waals surface area contributed by atoms with Crippen LogP contribution in [-0.4, -0.2) is 47.0 Å². The van der Waals surface area contributed by atoms with E-state index in [-0.39, 0.29) is 0 Å². The molecule has 1 aromatic heterocycles. The summed E-state index contributed by atoms with van der Waals surface area (Å²) < 4.78 is 0. The molecule has 0 bridgehead atoms. The van der Waals surface area contributed by atoms with Gasteiger partial charge in [-0.05, 0) is 31.0 Å². The van der Waals surface area contributed by atoms with E-state index in [4.69, 9.17) is 5.73 Å². The van der Waals surface area contributed by atoms with E-state index in [0.717, 1.165) is 12.6 Å². The molecule has 1 atom stereocenters. The molecule has 0 aliphatic carbocycles. The van der Waals surface area contributed by atoms with Crippen LogP contribution in [0.25, 0.3) is 0 Å². The number of nitrogen functional groups attached to an aromatic ring is 1. The highest BCUT2D eigenvalue weighted by Gasteiger charge is 2.30. The monoisotopic (exact) mass is 232 g/mol. The van der Waals surface area contributed by atoms with Gasteiger partial charge in [0.1, 0.15) is 5.82 Å². The van der Waals surface area contributed by atoms with Crippen molar-refractivity contribution >= 4 is 5.82 Å². The summed E-state index contributed by atoms with van der Waals surface area (Å²) in [5.74, 6) is 0.606. The highest BCUT2D eigenvalue weighted by molar-refractivity contribution is 5.29. The van der Waals surface area contributed by atoms with E-state index in [0.29, 0.717) is 5.82 Å². The molecule has 0 unspecified atom stereocenters. The van der Waals surface area contributed by atoms with Gasteiger partial charge in [0, 0.05) is 38.4 Å². The number of rotatable bonds is 2. The van der Waals surface area contributed by atoms with Crippen molar-refractivity contribution in [2.75, 3.05) is 31.9 Å². The fraction of sp³-hybridized carbons (Fsp3) is 0.615. The van der Waals surface area contributed by atoms with Gasteiger partial charge in [-0.1, -0.05) is 6.07 Å². The van der Waals surface area contributed by atoms with Gasteiger partial charge in [0.15, 0.2) is 0 Å². The first kappa shape index (κ1) is 11.0. The van der Waals surface area contributed by atoms with Gasteiger partial charge in [0.2, 0.25) is 0 Å². The Hall–Kier alpha value is -1.13. The largest absolute Gasteiger partial charge is 0.384 e. The summed E-state index contributed by atoms with van der Waals surface area (Å²) in [7, 11) is 0. The third kappa shape index (κ3) is 2.42. The van der Waals surface area contributed by atoms with E-state index in [2.05, 4.69) is 20.9 Å². The Bertz CT molecular complexity index is 376. The molecule has 17 heavy (non-hydrogen) atoms. The van der Waals surface area contributed by atoms with Gasteiger partial charge in [-0.15, -0.1) is 0 Å². The summed E-state index contributed by atoms with van der Waals surface area (Å²) in [5, 5.41) is 0. The molecule has 2 aliphatic rings. The normalized spacial score (nSPS) is 26.0. The molecule has 4 nitrogen and oxygen atoms in total. The molecule has 92 valence electrons. The minimum absolute atomic E-state index is 0.606. The topological polar surface area (TPSA) is 45.4 Å². The molecule has 0 saturated carbocycles. The number of piperazine rings is 1. The van der Waals surface area contributed by atoms with Crippen molar-refractivity contribution in [2.24, 2.45) is 0 Å². The SMILES string of the molecule is Nc1ccc(CN2CCN3CCC[C@@H]3C2)cn1. The second-order valence-electron chi connectivity index (χ2n) is 5.16. The van der Waals surface area contributed by atoms with Crippen molar-refractivity contribution in [2.45, 2.75) is 25.4 Å². The average molecular weight is 232 g/mol. The van der Waals surface area contributed by atoms with Crippen molar-refractivity contribution in [3.05, 3.63) is 23.9 Å². The van der Waals surface area contributed by atoms with Gasteiger partial charge >= 0.3 is 0 Å². The van der Waals surface area contributed by atoms with Crippen LogP contribution in [0.4, 0.5) is 5.82 Å².